The third-order valence-electron chi connectivity index (χ3n) is 3.23. The minimum absolute atomic E-state index is 0.0671. The molecule has 1 aromatic rings. The lowest BCUT2D eigenvalue weighted by Crippen LogP contribution is -2.36. The fraction of sp³-hybridized carbons (Fsp3) is 0.600. The van der Waals surface area contributed by atoms with Crippen LogP contribution in [0.5, 0.6) is 0 Å². The van der Waals surface area contributed by atoms with Crippen molar-refractivity contribution in [3.8, 4) is 0 Å². The molecular weight excluding hydrogens is 224 g/mol. The number of aryl methyl sites for hydroxylation is 1. The molecular formula is C15H26N2O. The SMILES string of the molecule is CCc1ccc(C(O)C(C)NCCN(C)C)cc1. The van der Waals surface area contributed by atoms with Gasteiger partial charge in [0.2, 0.25) is 0 Å². The Balaban J connectivity index is 2.48. The average Bonchev–Trinajstić information content (AvgIpc) is 2.37. The van der Waals surface area contributed by atoms with Crippen LogP contribution < -0.4 is 5.32 Å². The van der Waals surface area contributed by atoms with Crippen LogP contribution in [0, 0.1) is 0 Å². The van der Waals surface area contributed by atoms with E-state index in [-0.39, 0.29) is 6.04 Å². The largest absolute Gasteiger partial charge is 0.387 e. The van der Waals surface area contributed by atoms with Crippen molar-refractivity contribution in [2.24, 2.45) is 0 Å². The van der Waals surface area contributed by atoms with E-state index in [0.717, 1.165) is 25.1 Å². The molecule has 0 bridgehead atoms. The van der Waals surface area contributed by atoms with Crippen molar-refractivity contribution in [3.63, 3.8) is 0 Å². The molecule has 0 aliphatic heterocycles. The molecule has 0 aliphatic carbocycles. The van der Waals surface area contributed by atoms with E-state index in [4.69, 9.17) is 0 Å². The van der Waals surface area contributed by atoms with Gasteiger partial charge in [0, 0.05) is 19.1 Å². The lowest BCUT2D eigenvalue weighted by Gasteiger charge is -2.22. The second kappa shape index (κ2) is 7.52. The summed E-state index contributed by atoms with van der Waals surface area (Å²) >= 11 is 0. The molecule has 0 saturated carbocycles. The van der Waals surface area contributed by atoms with Crippen LogP contribution >= 0.6 is 0 Å². The monoisotopic (exact) mass is 250 g/mol. The second-order valence-corrected chi connectivity index (χ2v) is 5.09. The smallest absolute Gasteiger partial charge is 0.0940 e. The molecule has 0 fully saturated rings. The Kier molecular flexibility index (Phi) is 6.33. The highest BCUT2D eigenvalue weighted by Crippen LogP contribution is 2.17. The maximum atomic E-state index is 10.2. The zero-order chi connectivity index (χ0) is 13.5. The summed E-state index contributed by atoms with van der Waals surface area (Å²) in [5.74, 6) is 0. The van der Waals surface area contributed by atoms with Gasteiger partial charge in [-0.05, 0) is 38.6 Å². The summed E-state index contributed by atoms with van der Waals surface area (Å²) in [5.41, 5.74) is 2.29. The van der Waals surface area contributed by atoms with Crippen LogP contribution in [-0.2, 0) is 6.42 Å². The van der Waals surface area contributed by atoms with Crippen LogP contribution in [-0.4, -0.2) is 43.2 Å². The molecule has 0 spiro atoms. The van der Waals surface area contributed by atoms with E-state index in [2.05, 4.69) is 29.3 Å². The van der Waals surface area contributed by atoms with Crippen LogP contribution in [0.2, 0.25) is 0 Å². The molecule has 18 heavy (non-hydrogen) atoms. The van der Waals surface area contributed by atoms with Gasteiger partial charge < -0.3 is 15.3 Å². The Bertz CT molecular complexity index is 335. The van der Waals surface area contributed by atoms with E-state index in [1.807, 2.05) is 33.2 Å². The Morgan fingerprint density at radius 1 is 1.22 bits per heavy atom. The molecule has 102 valence electrons. The summed E-state index contributed by atoms with van der Waals surface area (Å²) in [5, 5.41) is 13.6. The molecule has 0 aromatic heterocycles. The fourth-order valence-corrected chi connectivity index (χ4v) is 1.87. The molecule has 3 heteroatoms. The number of rotatable bonds is 7. The first-order valence-corrected chi connectivity index (χ1v) is 6.69. The normalized spacial score (nSPS) is 14.8. The van der Waals surface area contributed by atoms with Gasteiger partial charge in [-0.1, -0.05) is 31.2 Å². The van der Waals surface area contributed by atoms with Gasteiger partial charge in [0.15, 0.2) is 0 Å². The highest BCUT2D eigenvalue weighted by Gasteiger charge is 2.15. The first-order chi connectivity index (χ1) is 8.54. The summed E-state index contributed by atoms with van der Waals surface area (Å²) in [6, 6.07) is 8.29. The van der Waals surface area contributed by atoms with Gasteiger partial charge in [-0.15, -0.1) is 0 Å². The predicted octanol–water partition coefficient (Wildman–Crippen LogP) is 1.82. The molecule has 2 N–H and O–H groups in total. The van der Waals surface area contributed by atoms with Gasteiger partial charge in [0.1, 0.15) is 0 Å². The second-order valence-electron chi connectivity index (χ2n) is 5.09. The standard InChI is InChI=1S/C15H26N2O/c1-5-13-6-8-14(9-7-13)15(18)12(2)16-10-11-17(3)4/h6-9,12,15-16,18H,5,10-11H2,1-4H3. The lowest BCUT2D eigenvalue weighted by atomic mass is 10.0. The van der Waals surface area contributed by atoms with Crippen LogP contribution in [0.4, 0.5) is 0 Å². The van der Waals surface area contributed by atoms with E-state index in [1.165, 1.54) is 5.56 Å². The Morgan fingerprint density at radius 2 is 1.83 bits per heavy atom. The summed E-state index contributed by atoms with van der Waals surface area (Å²) in [4.78, 5) is 2.13. The van der Waals surface area contributed by atoms with Gasteiger partial charge >= 0.3 is 0 Å². The first kappa shape index (κ1) is 15.2. The van der Waals surface area contributed by atoms with E-state index in [1.54, 1.807) is 0 Å². The molecule has 0 radical (unpaired) electrons. The number of nitrogens with one attached hydrogen (secondary N) is 1. The van der Waals surface area contributed by atoms with Crippen molar-refractivity contribution in [2.75, 3.05) is 27.2 Å². The molecule has 0 aliphatic rings. The number of likely N-dealkylation sites (N-methyl/N-ethyl adjacent to an activating group) is 1. The van der Waals surface area contributed by atoms with Crippen LogP contribution in [0.3, 0.4) is 0 Å². The molecule has 2 unspecified atom stereocenters. The highest BCUT2D eigenvalue weighted by molar-refractivity contribution is 5.24. The zero-order valence-electron chi connectivity index (χ0n) is 12.0. The molecule has 1 rings (SSSR count). The summed E-state index contributed by atoms with van der Waals surface area (Å²) in [6.45, 7) is 6.02. The zero-order valence-corrected chi connectivity index (χ0v) is 12.0. The van der Waals surface area contributed by atoms with Crippen molar-refractivity contribution >= 4 is 0 Å². The number of hydrogen-bond acceptors (Lipinski definition) is 3. The van der Waals surface area contributed by atoms with Crippen molar-refractivity contribution in [2.45, 2.75) is 32.4 Å². The topological polar surface area (TPSA) is 35.5 Å². The molecule has 0 saturated heterocycles. The maximum Gasteiger partial charge on any atom is 0.0940 e. The van der Waals surface area contributed by atoms with Crippen LogP contribution in [0.25, 0.3) is 0 Å². The van der Waals surface area contributed by atoms with Crippen LogP contribution in [0.1, 0.15) is 31.1 Å². The number of nitrogens with zero attached hydrogens (tertiary/aromatic N) is 1. The lowest BCUT2D eigenvalue weighted by molar-refractivity contribution is 0.135. The average molecular weight is 250 g/mol. The summed E-state index contributed by atoms with van der Waals surface area (Å²) in [7, 11) is 4.10. The van der Waals surface area contributed by atoms with Crippen molar-refractivity contribution in [3.05, 3.63) is 35.4 Å². The third-order valence-corrected chi connectivity index (χ3v) is 3.23. The number of hydrogen-bond donors (Lipinski definition) is 2. The summed E-state index contributed by atoms with van der Waals surface area (Å²) in [6.07, 6.45) is 0.589. The predicted molar refractivity (Wildman–Crippen MR) is 76.8 cm³/mol. The minimum atomic E-state index is -0.446. The van der Waals surface area contributed by atoms with Gasteiger partial charge in [-0.2, -0.15) is 0 Å². The Hall–Kier alpha value is -0.900. The highest BCUT2D eigenvalue weighted by atomic mass is 16.3. The van der Waals surface area contributed by atoms with Crippen molar-refractivity contribution in [1.29, 1.82) is 0 Å². The summed E-state index contributed by atoms with van der Waals surface area (Å²) < 4.78 is 0. The maximum absolute atomic E-state index is 10.2. The fourth-order valence-electron chi connectivity index (χ4n) is 1.87. The van der Waals surface area contributed by atoms with E-state index in [0.29, 0.717) is 0 Å². The van der Waals surface area contributed by atoms with E-state index in [9.17, 15) is 5.11 Å². The van der Waals surface area contributed by atoms with Gasteiger partial charge in [-0.25, -0.2) is 0 Å². The molecule has 0 amide bonds. The molecule has 0 heterocycles. The van der Waals surface area contributed by atoms with E-state index < -0.39 is 6.10 Å². The minimum Gasteiger partial charge on any atom is -0.387 e. The number of aliphatic hydroxyl groups is 1. The Labute approximate surface area is 111 Å². The van der Waals surface area contributed by atoms with Crippen LogP contribution in [0.15, 0.2) is 24.3 Å². The van der Waals surface area contributed by atoms with Gasteiger partial charge in [0.25, 0.3) is 0 Å². The molecule has 2 atom stereocenters. The molecule has 1 aromatic carbocycles. The number of benzene rings is 1. The third kappa shape index (κ3) is 4.77. The Morgan fingerprint density at radius 3 is 2.33 bits per heavy atom. The quantitative estimate of drug-likeness (QED) is 0.775. The number of aliphatic hydroxyl groups excluding tert-OH is 1. The van der Waals surface area contributed by atoms with Gasteiger partial charge in [-0.3, -0.25) is 0 Å². The first-order valence-electron chi connectivity index (χ1n) is 6.69. The van der Waals surface area contributed by atoms with Crippen molar-refractivity contribution in [1.82, 2.24) is 10.2 Å². The van der Waals surface area contributed by atoms with E-state index >= 15 is 0 Å². The van der Waals surface area contributed by atoms with Crippen molar-refractivity contribution < 1.29 is 5.11 Å². The molecule has 3 nitrogen and oxygen atoms in total. The van der Waals surface area contributed by atoms with Gasteiger partial charge in [0.05, 0.1) is 6.10 Å².